The number of fused-ring (bicyclic) bond motifs is 1. The van der Waals surface area contributed by atoms with Crippen molar-refractivity contribution in [1.82, 2.24) is 4.98 Å². The number of nitrogens with two attached hydrogens (primary N) is 1. The van der Waals surface area contributed by atoms with Gasteiger partial charge in [0.2, 0.25) is 5.96 Å². The van der Waals surface area contributed by atoms with Crippen LogP contribution in [-0.2, 0) is 6.42 Å². The summed E-state index contributed by atoms with van der Waals surface area (Å²) >= 11 is 0. The zero-order valence-corrected chi connectivity index (χ0v) is 13.4. The predicted octanol–water partition coefficient (Wildman–Crippen LogP) is 3.88. The number of benzene rings is 2. The first kappa shape index (κ1) is 15.0. The van der Waals surface area contributed by atoms with Gasteiger partial charge in [0.15, 0.2) is 0 Å². The summed E-state index contributed by atoms with van der Waals surface area (Å²) in [7, 11) is 1.92. The van der Waals surface area contributed by atoms with Crippen LogP contribution in [-0.4, -0.2) is 18.0 Å². The summed E-state index contributed by atoms with van der Waals surface area (Å²) in [6.45, 7) is 2.14. The SMILES string of the molecule is CCc1cccc(N(C)C(N)=Nc2cccc3cccnc23)c1. The second kappa shape index (κ2) is 6.48. The molecule has 0 aliphatic heterocycles. The second-order valence-electron chi connectivity index (χ2n) is 5.40. The molecule has 0 aliphatic rings. The molecule has 0 fully saturated rings. The molecule has 2 aromatic carbocycles. The molecule has 0 amide bonds. The van der Waals surface area contributed by atoms with Gasteiger partial charge in [-0.25, -0.2) is 4.99 Å². The van der Waals surface area contributed by atoms with Gasteiger partial charge >= 0.3 is 0 Å². The predicted molar refractivity (Wildman–Crippen MR) is 97.2 cm³/mol. The number of hydrogen-bond acceptors (Lipinski definition) is 2. The van der Waals surface area contributed by atoms with Crippen LogP contribution >= 0.6 is 0 Å². The van der Waals surface area contributed by atoms with E-state index in [4.69, 9.17) is 5.73 Å². The van der Waals surface area contributed by atoms with Gasteiger partial charge in [0.25, 0.3) is 0 Å². The van der Waals surface area contributed by atoms with Crippen molar-refractivity contribution in [1.29, 1.82) is 0 Å². The topological polar surface area (TPSA) is 54.5 Å². The Labute approximate surface area is 136 Å². The highest BCUT2D eigenvalue weighted by molar-refractivity contribution is 5.99. The molecule has 3 rings (SSSR count). The maximum absolute atomic E-state index is 6.21. The summed E-state index contributed by atoms with van der Waals surface area (Å²) in [4.78, 5) is 10.9. The number of rotatable bonds is 3. The van der Waals surface area contributed by atoms with Gasteiger partial charge in [0.1, 0.15) is 0 Å². The maximum atomic E-state index is 6.21. The fourth-order valence-electron chi connectivity index (χ4n) is 2.49. The molecule has 0 unspecified atom stereocenters. The third kappa shape index (κ3) is 3.16. The number of aromatic nitrogens is 1. The van der Waals surface area contributed by atoms with E-state index < -0.39 is 0 Å². The number of para-hydroxylation sites is 1. The number of pyridine rings is 1. The summed E-state index contributed by atoms with van der Waals surface area (Å²) in [5.41, 5.74) is 10.1. The standard InChI is InChI=1S/C19H20N4/c1-3-14-7-4-10-16(13-14)23(2)19(20)22-17-11-5-8-15-9-6-12-21-18(15)17/h4-13H,3H2,1-2H3,(H2,20,22). The van der Waals surface area contributed by atoms with Crippen LogP contribution < -0.4 is 10.6 Å². The van der Waals surface area contributed by atoms with E-state index in [9.17, 15) is 0 Å². The first-order valence-electron chi connectivity index (χ1n) is 7.69. The molecule has 0 atom stereocenters. The van der Waals surface area contributed by atoms with Crippen LogP contribution in [0.1, 0.15) is 12.5 Å². The van der Waals surface area contributed by atoms with Crippen LogP contribution in [0.15, 0.2) is 65.8 Å². The number of hydrogen-bond donors (Lipinski definition) is 1. The van der Waals surface area contributed by atoms with E-state index in [1.54, 1.807) is 6.20 Å². The van der Waals surface area contributed by atoms with E-state index in [1.165, 1.54) is 5.56 Å². The molecule has 4 nitrogen and oxygen atoms in total. The van der Waals surface area contributed by atoms with E-state index in [-0.39, 0.29) is 0 Å². The monoisotopic (exact) mass is 304 g/mol. The number of guanidine groups is 1. The summed E-state index contributed by atoms with van der Waals surface area (Å²) in [6, 6.07) is 18.2. The van der Waals surface area contributed by atoms with Crippen LogP contribution in [0.3, 0.4) is 0 Å². The van der Waals surface area contributed by atoms with E-state index in [0.29, 0.717) is 5.96 Å². The van der Waals surface area contributed by atoms with Crippen LogP contribution in [0.4, 0.5) is 11.4 Å². The lowest BCUT2D eigenvalue weighted by molar-refractivity contribution is 1.13. The van der Waals surface area contributed by atoms with Crippen molar-refractivity contribution in [3.05, 3.63) is 66.4 Å². The number of anilines is 1. The lowest BCUT2D eigenvalue weighted by Gasteiger charge is -2.19. The molecule has 0 aliphatic carbocycles. The lowest BCUT2D eigenvalue weighted by atomic mass is 10.1. The number of aryl methyl sites for hydroxylation is 1. The molecule has 0 spiro atoms. The Bertz CT molecular complexity index is 849. The molecule has 0 bridgehead atoms. The molecule has 0 radical (unpaired) electrons. The Morgan fingerprint density at radius 3 is 2.74 bits per heavy atom. The minimum absolute atomic E-state index is 0.441. The Hall–Kier alpha value is -2.88. The van der Waals surface area contributed by atoms with Crippen molar-refractivity contribution in [2.24, 2.45) is 10.7 Å². The van der Waals surface area contributed by atoms with Gasteiger partial charge in [-0.05, 0) is 36.2 Å². The van der Waals surface area contributed by atoms with E-state index in [2.05, 4.69) is 29.0 Å². The molecule has 0 saturated carbocycles. The van der Waals surface area contributed by atoms with Gasteiger partial charge in [-0.3, -0.25) is 4.98 Å². The average molecular weight is 304 g/mol. The van der Waals surface area contributed by atoms with Gasteiger partial charge in [-0.15, -0.1) is 0 Å². The van der Waals surface area contributed by atoms with Crippen molar-refractivity contribution in [3.63, 3.8) is 0 Å². The molecule has 1 heterocycles. The summed E-state index contributed by atoms with van der Waals surface area (Å²) in [6.07, 6.45) is 2.76. The maximum Gasteiger partial charge on any atom is 0.200 e. The molecular weight excluding hydrogens is 284 g/mol. The van der Waals surface area contributed by atoms with E-state index >= 15 is 0 Å². The summed E-state index contributed by atoms with van der Waals surface area (Å²) in [5.74, 6) is 0.441. The molecule has 4 heteroatoms. The second-order valence-corrected chi connectivity index (χ2v) is 5.40. The van der Waals surface area contributed by atoms with Crippen LogP contribution in [0.25, 0.3) is 10.9 Å². The molecule has 1 aromatic heterocycles. The Morgan fingerprint density at radius 1 is 1.13 bits per heavy atom. The zero-order chi connectivity index (χ0) is 16.2. The fraction of sp³-hybridized carbons (Fsp3) is 0.158. The lowest BCUT2D eigenvalue weighted by Crippen LogP contribution is -2.33. The summed E-state index contributed by atoms with van der Waals surface area (Å²) < 4.78 is 0. The first-order valence-corrected chi connectivity index (χ1v) is 7.69. The highest BCUT2D eigenvalue weighted by Gasteiger charge is 2.07. The van der Waals surface area contributed by atoms with Gasteiger partial charge in [0, 0.05) is 24.3 Å². The van der Waals surface area contributed by atoms with Gasteiger partial charge in [-0.1, -0.05) is 37.3 Å². The largest absolute Gasteiger partial charge is 0.369 e. The Balaban J connectivity index is 1.97. The quantitative estimate of drug-likeness (QED) is 0.590. The molecular formula is C19H20N4. The average Bonchev–Trinajstić information content (AvgIpc) is 2.61. The zero-order valence-electron chi connectivity index (χ0n) is 13.4. The first-order chi connectivity index (χ1) is 11.2. The van der Waals surface area contributed by atoms with Gasteiger partial charge in [0.05, 0.1) is 11.2 Å². The molecule has 116 valence electrons. The molecule has 2 N–H and O–H groups in total. The number of aliphatic imine (C=N–C) groups is 1. The smallest absolute Gasteiger partial charge is 0.200 e. The van der Waals surface area contributed by atoms with Gasteiger partial charge in [-0.2, -0.15) is 0 Å². The van der Waals surface area contributed by atoms with Crippen molar-refractivity contribution >= 4 is 28.2 Å². The van der Waals surface area contributed by atoms with Crippen molar-refractivity contribution in [2.45, 2.75) is 13.3 Å². The van der Waals surface area contributed by atoms with Gasteiger partial charge < -0.3 is 10.6 Å². The third-order valence-electron chi connectivity index (χ3n) is 3.90. The summed E-state index contributed by atoms with van der Waals surface area (Å²) in [5, 5.41) is 1.05. The minimum atomic E-state index is 0.441. The highest BCUT2D eigenvalue weighted by atomic mass is 15.2. The molecule has 3 aromatic rings. The van der Waals surface area contributed by atoms with Crippen molar-refractivity contribution in [2.75, 3.05) is 11.9 Å². The van der Waals surface area contributed by atoms with Crippen molar-refractivity contribution < 1.29 is 0 Å². The normalized spacial score (nSPS) is 11.7. The fourth-order valence-corrected chi connectivity index (χ4v) is 2.49. The van der Waals surface area contributed by atoms with E-state index in [0.717, 1.165) is 28.7 Å². The van der Waals surface area contributed by atoms with Crippen LogP contribution in [0, 0.1) is 0 Å². The molecule has 0 saturated heterocycles. The Morgan fingerprint density at radius 2 is 1.91 bits per heavy atom. The van der Waals surface area contributed by atoms with Crippen molar-refractivity contribution in [3.8, 4) is 0 Å². The molecule has 23 heavy (non-hydrogen) atoms. The third-order valence-corrected chi connectivity index (χ3v) is 3.90. The van der Waals surface area contributed by atoms with E-state index in [1.807, 2.05) is 54.4 Å². The van der Waals surface area contributed by atoms with Crippen LogP contribution in [0.5, 0.6) is 0 Å². The number of nitrogens with zero attached hydrogens (tertiary/aromatic N) is 3. The Kier molecular flexibility index (Phi) is 4.24. The minimum Gasteiger partial charge on any atom is -0.369 e. The van der Waals surface area contributed by atoms with Crippen LogP contribution in [0.2, 0.25) is 0 Å². The highest BCUT2D eigenvalue weighted by Crippen LogP contribution is 2.24.